The number of carbonyl (C=O) groups excluding carboxylic acids is 3. The summed E-state index contributed by atoms with van der Waals surface area (Å²) in [7, 11) is 1.54. The summed E-state index contributed by atoms with van der Waals surface area (Å²) in [6.07, 6.45) is 1.76. The summed E-state index contributed by atoms with van der Waals surface area (Å²) in [4.78, 5) is 43.4. The molecule has 0 aliphatic carbocycles. The molecule has 0 saturated heterocycles. The first-order chi connectivity index (χ1) is 15.5. The van der Waals surface area contributed by atoms with Crippen LogP contribution in [0.2, 0.25) is 0 Å². The lowest BCUT2D eigenvalue weighted by Gasteiger charge is -2.26. The minimum Gasteiger partial charge on any atom is -0.493 e. The number of aromatic amines is 1. The van der Waals surface area contributed by atoms with Crippen LogP contribution in [0.3, 0.4) is 0 Å². The number of nitrogens with one attached hydrogen (secondary N) is 1. The molecule has 0 bridgehead atoms. The molecule has 4 rings (SSSR count). The number of amides is 2. The molecule has 3 aromatic rings. The van der Waals surface area contributed by atoms with Crippen LogP contribution < -0.4 is 9.47 Å². The van der Waals surface area contributed by atoms with Gasteiger partial charge in [0.2, 0.25) is 0 Å². The second-order valence-corrected chi connectivity index (χ2v) is 7.56. The van der Waals surface area contributed by atoms with Gasteiger partial charge in [0.05, 0.1) is 30.9 Å². The van der Waals surface area contributed by atoms with Crippen LogP contribution in [-0.2, 0) is 4.79 Å². The van der Waals surface area contributed by atoms with Crippen molar-refractivity contribution in [1.29, 1.82) is 0 Å². The maximum atomic E-state index is 13.6. The average molecular weight is 432 g/mol. The fourth-order valence-electron chi connectivity index (χ4n) is 4.11. The van der Waals surface area contributed by atoms with E-state index in [2.05, 4.69) is 4.98 Å². The van der Waals surface area contributed by atoms with E-state index in [9.17, 15) is 14.4 Å². The maximum Gasteiger partial charge on any atom is 0.262 e. The van der Waals surface area contributed by atoms with Crippen molar-refractivity contribution in [2.75, 3.05) is 13.7 Å². The Morgan fingerprint density at radius 2 is 1.81 bits per heavy atom. The van der Waals surface area contributed by atoms with Gasteiger partial charge in [0.1, 0.15) is 5.78 Å². The molecule has 1 N–H and O–H groups in total. The Morgan fingerprint density at radius 1 is 1.03 bits per heavy atom. The van der Waals surface area contributed by atoms with Crippen molar-refractivity contribution < 1.29 is 23.9 Å². The van der Waals surface area contributed by atoms with Crippen molar-refractivity contribution in [2.24, 2.45) is 0 Å². The van der Waals surface area contributed by atoms with E-state index in [4.69, 9.17) is 9.47 Å². The molecule has 0 fully saturated rings. The van der Waals surface area contributed by atoms with Crippen LogP contribution in [0.15, 0.2) is 54.7 Å². The molecule has 0 unspecified atom stereocenters. The van der Waals surface area contributed by atoms with Crippen LogP contribution in [0.25, 0.3) is 11.3 Å². The van der Waals surface area contributed by atoms with Crippen molar-refractivity contribution in [3.63, 3.8) is 0 Å². The number of methoxy groups -OCH3 is 1. The third-order valence-electron chi connectivity index (χ3n) is 5.50. The van der Waals surface area contributed by atoms with E-state index in [-0.39, 0.29) is 12.2 Å². The Kier molecular flexibility index (Phi) is 5.81. The summed E-state index contributed by atoms with van der Waals surface area (Å²) in [5, 5.41) is 0. The molecule has 0 spiro atoms. The second-order valence-electron chi connectivity index (χ2n) is 7.56. The van der Waals surface area contributed by atoms with Gasteiger partial charge in [0, 0.05) is 23.9 Å². The second kappa shape index (κ2) is 8.70. The fraction of sp³-hybridized carbons (Fsp3) is 0.240. The Balaban J connectivity index is 1.81. The first-order valence-corrected chi connectivity index (χ1v) is 10.4. The number of hydrogen-bond acceptors (Lipinski definition) is 5. The van der Waals surface area contributed by atoms with Crippen LogP contribution in [0.5, 0.6) is 11.5 Å². The number of Topliss-reactive ketones (excluding diaryl/α,β-unsaturated/α-hetero) is 1. The molecule has 164 valence electrons. The highest BCUT2D eigenvalue weighted by Gasteiger charge is 2.42. The number of ketones is 1. The van der Waals surface area contributed by atoms with E-state index in [0.717, 1.165) is 5.69 Å². The summed E-state index contributed by atoms with van der Waals surface area (Å²) < 4.78 is 11.0. The molecule has 0 saturated carbocycles. The molecule has 1 aliphatic rings. The highest BCUT2D eigenvalue weighted by molar-refractivity contribution is 6.24. The Labute approximate surface area is 186 Å². The standard InChI is InChI=1S/C25H24N2O5/c1-4-32-22-14-16(10-11-21(22)31-3)20(13-15(2)28)27-24(29)18-8-5-7-17(23(18)25(27)30)19-9-6-12-26-19/h5-12,14,20,26H,4,13H2,1-3H3/t20-/m1/s1. The van der Waals surface area contributed by atoms with Crippen LogP contribution >= 0.6 is 0 Å². The Morgan fingerprint density at radius 3 is 2.47 bits per heavy atom. The molecular formula is C25H24N2O5. The number of H-pyrrole nitrogens is 1. The van der Waals surface area contributed by atoms with E-state index in [0.29, 0.717) is 40.4 Å². The number of fused-ring (bicyclic) bond motifs is 1. The number of ether oxygens (including phenoxy) is 2. The minimum atomic E-state index is -0.762. The monoisotopic (exact) mass is 432 g/mol. The highest BCUT2D eigenvalue weighted by Crippen LogP contribution is 2.40. The van der Waals surface area contributed by atoms with Crippen molar-refractivity contribution in [3.05, 3.63) is 71.4 Å². The molecule has 7 heteroatoms. The summed E-state index contributed by atoms with van der Waals surface area (Å²) in [5.74, 6) is 0.0527. The molecule has 32 heavy (non-hydrogen) atoms. The van der Waals surface area contributed by atoms with Crippen LogP contribution in [-0.4, -0.2) is 41.2 Å². The third-order valence-corrected chi connectivity index (χ3v) is 5.50. The smallest absolute Gasteiger partial charge is 0.262 e. The molecule has 1 aromatic heterocycles. The van der Waals surface area contributed by atoms with Crippen LogP contribution in [0.1, 0.15) is 52.6 Å². The van der Waals surface area contributed by atoms with Gasteiger partial charge in [0.25, 0.3) is 11.8 Å². The van der Waals surface area contributed by atoms with Crippen molar-refractivity contribution in [1.82, 2.24) is 9.88 Å². The number of rotatable bonds is 8. The van der Waals surface area contributed by atoms with E-state index in [1.54, 1.807) is 42.6 Å². The zero-order valence-electron chi connectivity index (χ0n) is 18.2. The minimum absolute atomic E-state index is 0.00119. The average Bonchev–Trinajstić information content (AvgIpc) is 3.40. The summed E-state index contributed by atoms with van der Waals surface area (Å²) in [6, 6.07) is 13.3. The Hall–Kier alpha value is -3.87. The molecule has 2 aromatic carbocycles. The van der Waals surface area contributed by atoms with Gasteiger partial charge in [-0.3, -0.25) is 19.3 Å². The number of hydrogen-bond donors (Lipinski definition) is 1. The summed E-state index contributed by atoms with van der Waals surface area (Å²) in [6.45, 7) is 3.72. The molecular weight excluding hydrogens is 408 g/mol. The largest absolute Gasteiger partial charge is 0.493 e. The lowest BCUT2D eigenvalue weighted by molar-refractivity contribution is -0.117. The van der Waals surface area contributed by atoms with Gasteiger partial charge in [-0.15, -0.1) is 0 Å². The number of benzene rings is 2. The van der Waals surface area contributed by atoms with Gasteiger partial charge >= 0.3 is 0 Å². The van der Waals surface area contributed by atoms with Gasteiger partial charge in [-0.25, -0.2) is 0 Å². The van der Waals surface area contributed by atoms with E-state index in [1.807, 2.05) is 19.1 Å². The van der Waals surface area contributed by atoms with Crippen LogP contribution in [0.4, 0.5) is 0 Å². The Bertz CT molecular complexity index is 1180. The first kappa shape index (κ1) is 21.4. The zero-order valence-corrected chi connectivity index (χ0v) is 18.2. The van der Waals surface area contributed by atoms with Gasteiger partial charge in [-0.05, 0) is 49.7 Å². The van der Waals surface area contributed by atoms with Gasteiger partial charge in [0.15, 0.2) is 11.5 Å². The zero-order chi connectivity index (χ0) is 22.8. The lowest BCUT2D eigenvalue weighted by Crippen LogP contribution is -2.35. The maximum absolute atomic E-state index is 13.6. The number of nitrogens with zero attached hydrogens (tertiary/aromatic N) is 1. The van der Waals surface area contributed by atoms with Crippen molar-refractivity contribution in [2.45, 2.75) is 26.3 Å². The molecule has 7 nitrogen and oxygen atoms in total. The fourth-order valence-corrected chi connectivity index (χ4v) is 4.11. The molecule has 1 atom stereocenters. The lowest BCUT2D eigenvalue weighted by atomic mass is 9.99. The first-order valence-electron chi connectivity index (χ1n) is 10.4. The van der Waals surface area contributed by atoms with E-state index < -0.39 is 17.9 Å². The van der Waals surface area contributed by atoms with Gasteiger partial charge < -0.3 is 14.5 Å². The van der Waals surface area contributed by atoms with E-state index >= 15 is 0 Å². The predicted octanol–water partition coefficient (Wildman–Crippen LogP) is 4.41. The molecule has 1 aliphatic heterocycles. The predicted molar refractivity (Wildman–Crippen MR) is 119 cm³/mol. The number of aromatic nitrogens is 1. The van der Waals surface area contributed by atoms with Crippen LogP contribution in [0, 0.1) is 0 Å². The van der Waals surface area contributed by atoms with Gasteiger partial charge in [-0.2, -0.15) is 0 Å². The van der Waals surface area contributed by atoms with Crippen molar-refractivity contribution >= 4 is 17.6 Å². The summed E-state index contributed by atoms with van der Waals surface area (Å²) >= 11 is 0. The molecule has 0 radical (unpaired) electrons. The summed E-state index contributed by atoms with van der Waals surface area (Å²) in [5.41, 5.74) is 2.69. The van der Waals surface area contributed by atoms with Crippen molar-refractivity contribution in [3.8, 4) is 22.8 Å². The van der Waals surface area contributed by atoms with Gasteiger partial charge in [-0.1, -0.05) is 18.2 Å². The SMILES string of the molecule is CCOc1cc([C@@H](CC(C)=O)N2C(=O)c3cccc(-c4ccc[nH]4)c3C2=O)ccc1OC. The molecule has 2 heterocycles. The number of carbonyl (C=O) groups is 3. The highest BCUT2D eigenvalue weighted by atomic mass is 16.5. The van der Waals surface area contributed by atoms with E-state index in [1.165, 1.54) is 18.9 Å². The number of imide groups is 1. The normalized spacial score (nSPS) is 13.8. The third kappa shape index (κ3) is 3.66. The quantitative estimate of drug-likeness (QED) is 0.533. The topological polar surface area (TPSA) is 88.7 Å². The molecule has 2 amide bonds.